The Labute approximate surface area is 130 Å². The van der Waals surface area contributed by atoms with Crippen molar-refractivity contribution in [3.8, 4) is 0 Å². The largest absolute Gasteiger partial charge is 0.379 e. The van der Waals surface area contributed by atoms with Crippen LogP contribution in [0.25, 0.3) is 0 Å². The minimum Gasteiger partial charge on any atom is -0.379 e. The maximum atomic E-state index is 5.56. The number of methoxy groups -OCH3 is 1. The number of ether oxygens (including phenoxy) is 1. The van der Waals surface area contributed by atoms with Gasteiger partial charge in [0.25, 0.3) is 0 Å². The zero-order chi connectivity index (χ0) is 15.9. The maximum absolute atomic E-state index is 5.56. The second-order valence-electron chi connectivity index (χ2n) is 6.97. The SMILES string of the molecule is CCN1CCC(CNC(=NC)NCC(OC)C(C)(C)C)C1. The van der Waals surface area contributed by atoms with Gasteiger partial charge in [-0.15, -0.1) is 0 Å². The average molecular weight is 298 g/mol. The lowest BCUT2D eigenvalue weighted by atomic mass is 9.89. The Morgan fingerprint density at radius 3 is 2.57 bits per heavy atom. The molecule has 1 aliphatic heterocycles. The van der Waals surface area contributed by atoms with Crippen LogP contribution in [0.4, 0.5) is 0 Å². The van der Waals surface area contributed by atoms with E-state index < -0.39 is 0 Å². The van der Waals surface area contributed by atoms with E-state index in [9.17, 15) is 0 Å². The summed E-state index contributed by atoms with van der Waals surface area (Å²) in [6.07, 6.45) is 1.44. The summed E-state index contributed by atoms with van der Waals surface area (Å²) < 4.78 is 5.56. The van der Waals surface area contributed by atoms with Gasteiger partial charge in [-0.25, -0.2) is 0 Å². The van der Waals surface area contributed by atoms with E-state index in [0.29, 0.717) is 0 Å². The van der Waals surface area contributed by atoms with Crippen molar-refractivity contribution < 1.29 is 4.74 Å². The summed E-state index contributed by atoms with van der Waals surface area (Å²) >= 11 is 0. The molecule has 1 heterocycles. The molecule has 0 aromatic heterocycles. The van der Waals surface area contributed by atoms with Gasteiger partial charge in [-0.2, -0.15) is 0 Å². The van der Waals surface area contributed by atoms with Crippen LogP contribution in [-0.4, -0.2) is 63.8 Å². The Morgan fingerprint density at radius 1 is 1.38 bits per heavy atom. The minimum absolute atomic E-state index is 0.119. The third-order valence-corrected chi connectivity index (χ3v) is 4.30. The number of nitrogens with one attached hydrogen (secondary N) is 2. The molecule has 1 saturated heterocycles. The molecule has 0 spiro atoms. The fraction of sp³-hybridized carbons (Fsp3) is 0.938. The van der Waals surface area contributed by atoms with Crippen molar-refractivity contribution in [2.24, 2.45) is 16.3 Å². The van der Waals surface area contributed by atoms with Crippen LogP contribution in [0.1, 0.15) is 34.1 Å². The van der Waals surface area contributed by atoms with E-state index in [2.05, 4.69) is 48.2 Å². The zero-order valence-electron chi connectivity index (χ0n) is 14.7. The third-order valence-electron chi connectivity index (χ3n) is 4.30. The molecule has 0 aliphatic carbocycles. The molecule has 2 atom stereocenters. The van der Waals surface area contributed by atoms with Crippen molar-refractivity contribution in [2.45, 2.75) is 40.2 Å². The second kappa shape index (κ2) is 8.59. The highest BCUT2D eigenvalue weighted by molar-refractivity contribution is 5.79. The molecule has 1 aliphatic rings. The topological polar surface area (TPSA) is 48.9 Å². The lowest BCUT2D eigenvalue weighted by Gasteiger charge is -2.30. The van der Waals surface area contributed by atoms with Gasteiger partial charge in [0.15, 0.2) is 5.96 Å². The Hall–Kier alpha value is -0.810. The van der Waals surface area contributed by atoms with Gasteiger partial charge in [0, 0.05) is 33.8 Å². The predicted octanol–water partition coefficient (Wildman–Crippen LogP) is 1.55. The highest BCUT2D eigenvalue weighted by Gasteiger charge is 2.25. The Kier molecular flexibility index (Phi) is 7.46. The first-order valence-electron chi connectivity index (χ1n) is 8.10. The number of hydrogen-bond acceptors (Lipinski definition) is 3. The van der Waals surface area contributed by atoms with E-state index in [0.717, 1.165) is 31.5 Å². The van der Waals surface area contributed by atoms with Crippen LogP contribution >= 0.6 is 0 Å². The van der Waals surface area contributed by atoms with Crippen LogP contribution in [0.3, 0.4) is 0 Å². The fourth-order valence-corrected chi connectivity index (χ4v) is 2.76. The van der Waals surface area contributed by atoms with Crippen molar-refractivity contribution in [1.29, 1.82) is 0 Å². The molecule has 0 saturated carbocycles. The van der Waals surface area contributed by atoms with Crippen LogP contribution in [0, 0.1) is 11.3 Å². The number of likely N-dealkylation sites (tertiary alicyclic amines) is 1. The van der Waals surface area contributed by atoms with Gasteiger partial charge < -0.3 is 20.3 Å². The third kappa shape index (κ3) is 6.22. The average Bonchev–Trinajstić information content (AvgIpc) is 2.89. The molecule has 21 heavy (non-hydrogen) atoms. The van der Waals surface area contributed by atoms with E-state index in [4.69, 9.17) is 4.74 Å². The van der Waals surface area contributed by atoms with Gasteiger partial charge in [-0.1, -0.05) is 27.7 Å². The Bertz CT molecular complexity index is 325. The van der Waals surface area contributed by atoms with Gasteiger partial charge in [-0.3, -0.25) is 4.99 Å². The van der Waals surface area contributed by atoms with Gasteiger partial charge >= 0.3 is 0 Å². The van der Waals surface area contributed by atoms with Gasteiger partial charge in [0.05, 0.1) is 6.10 Å². The molecule has 5 heteroatoms. The summed E-state index contributed by atoms with van der Waals surface area (Å²) in [5.74, 6) is 1.60. The summed E-state index contributed by atoms with van der Waals surface area (Å²) in [4.78, 5) is 6.80. The van der Waals surface area contributed by atoms with Crippen molar-refractivity contribution in [3.63, 3.8) is 0 Å². The first-order chi connectivity index (χ1) is 9.90. The zero-order valence-corrected chi connectivity index (χ0v) is 14.7. The second-order valence-corrected chi connectivity index (χ2v) is 6.97. The summed E-state index contributed by atoms with van der Waals surface area (Å²) in [6, 6.07) is 0. The Morgan fingerprint density at radius 2 is 2.10 bits per heavy atom. The molecular formula is C16H34N4O. The summed E-state index contributed by atoms with van der Waals surface area (Å²) in [5.41, 5.74) is 0.119. The van der Waals surface area contributed by atoms with Crippen molar-refractivity contribution in [3.05, 3.63) is 0 Å². The molecule has 0 aromatic carbocycles. The lowest BCUT2D eigenvalue weighted by Crippen LogP contribution is -2.46. The maximum Gasteiger partial charge on any atom is 0.191 e. The van der Waals surface area contributed by atoms with Crippen LogP contribution in [0.2, 0.25) is 0 Å². The molecule has 0 bridgehead atoms. The standard InChI is InChI=1S/C16H34N4O/c1-7-20-9-8-13(12-20)10-18-15(17-5)19-11-14(21-6)16(2,3)4/h13-14H,7-12H2,1-6H3,(H2,17,18,19). The number of aliphatic imine (C=N–C) groups is 1. The smallest absolute Gasteiger partial charge is 0.191 e. The highest BCUT2D eigenvalue weighted by Crippen LogP contribution is 2.20. The Balaban J connectivity index is 2.32. The predicted molar refractivity (Wildman–Crippen MR) is 89.8 cm³/mol. The monoisotopic (exact) mass is 298 g/mol. The van der Waals surface area contributed by atoms with Crippen LogP contribution in [0.5, 0.6) is 0 Å². The molecule has 1 fully saturated rings. The van der Waals surface area contributed by atoms with Crippen molar-refractivity contribution in [1.82, 2.24) is 15.5 Å². The lowest BCUT2D eigenvalue weighted by molar-refractivity contribution is 0.0205. The highest BCUT2D eigenvalue weighted by atomic mass is 16.5. The molecular weight excluding hydrogens is 264 g/mol. The summed E-state index contributed by atoms with van der Waals surface area (Å²) in [5, 5.41) is 6.82. The van der Waals surface area contributed by atoms with Crippen LogP contribution in [0.15, 0.2) is 4.99 Å². The molecule has 124 valence electrons. The quantitative estimate of drug-likeness (QED) is 0.577. The molecule has 0 aromatic rings. The summed E-state index contributed by atoms with van der Waals surface area (Å²) in [6.45, 7) is 14.1. The molecule has 2 unspecified atom stereocenters. The molecule has 1 rings (SSSR count). The van der Waals surface area contributed by atoms with E-state index in [-0.39, 0.29) is 11.5 Å². The number of hydrogen-bond donors (Lipinski definition) is 2. The number of nitrogens with zero attached hydrogens (tertiary/aromatic N) is 2. The van der Waals surface area contributed by atoms with Crippen molar-refractivity contribution in [2.75, 3.05) is 46.9 Å². The van der Waals surface area contributed by atoms with Gasteiger partial charge in [-0.05, 0) is 30.8 Å². The van der Waals surface area contributed by atoms with Gasteiger partial charge in [0.1, 0.15) is 0 Å². The van der Waals surface area contributed by atoms with Gasteiger partial charge in [0.2, 0.25) is 0 Å². The molecule has 5 nitrogen and oxygen atoms in total. The number of rotatable bonds is 6. The van der Waals surface area contributed by atoms with E-state index >= 15 is 0 Å². The van der Waals surface area contributed by atoms with Crippen LogP contribution in [-0.2, 0) is 4.74 Å². The first-order valence-corrected chi connectivity index (χ1v) is 8.10. The van der Waals surface area contributed by atoms with E-state index in [1.165, 1.54) is 19.5 Å². The van der Waals surface area contributed by atoms with E-state index in [1.54, 1.807) is 7.11 Å². The van der Waals surface area contributed by atoms with E-state index in [1.807, 2.05) is 7.05 Å². The normalized spacial score (nSPS) is 22.4. The number of guanidine groups is 1. The van der Waals surface area contributed by atoms with Crippen LogP contribution < -0.4 is 10.6 Å². The molecule has 2 N–H and O–H groups in total. The fourth-order valence-electron chi connectivity index (χ4n) is 2.76. The molecule has 0 radical (unpaired) electrons. The minimum atomic E-state index is 0.119. The van der Waals surface area contributed by atoms with Crippen molar-refractivity contribution >= 4 is 5.96 Å². The molecule has 0 amide bonds. The first kappa shape index (κ1) is 18.2. The summed E-state index contributed by atoms with van der Waals surface area (Å²) in [7, 11) is 3.59.